The van der Waals surface area contributed by atoms with Gasteiger partial charge in [-0.15, -0.1) is 0 Å². The zero-order chi connectivity index (χ0) is 17.3. The van der Waals surface area contributed by atoms with Gasteiger partial charge in [0.05, 0.1) is 6.61 Å². The van der Waals surface area contributed by atoms with E-state index < -0.39 is 23.5 Å². The van der Waals surface area contributed by atoms with Gasteiger partial charge in [0.25, 0.3) is 0 Å². The first kappa shape index (κ1) is 16.6. The molecule has 3 rings (SSSR count). The van der Waals surface area contributed by atoms with E-state index in [1.807, 2.05) is 0 Å². The molecule has 1 saturated carbocycles. The van der Waals surface area contributed by atoms with E-state index >= 15 is 0 Å². The lowest BCUT2D eigenvalue weighted by atomic mass is 9.90. The van der Waals surface area contributed by atoms with Crippen molar-refractivity contribution < 1.29 is 27.8 Å². The molecule has 5 nitrogen and oxygen atoms in total. The van der Waals surface area contributed by atoms with Crippen LogP contribution in [0.25, 0.3) is 5.65 Å². The number of ether oxygens (including phenoxy) is 1. The molecule has 0 spiro atoms. The van der Waals surface area contributed by atoms with Crippen molar-refractivity contribution in [2.75, 3.05) is 6.61 Å². The summed E-state index contributed by atoms with van der Waals surface area (Å²) >= 11 is 0. The molecule has 0 saturated heterocycles. The fraction of sp³-hybridized carbons (Fsp3) is 0.500. The van der Waals surface area contributed by atoms with Gasteiger partial charge in [-0.3, -0.25) is 4.40 Å². The van der Waals surface area contributed by atoms with Gasteiger partial charge in [-0.25, -0.2) is 9.78 Å². The molecular weight excluding hydrogens is 325 g/mol. The van der Waals surface area contributed by atoms with Gasteiger partial charge < -0.3 is 9.84 Å². The number of aromatic nitrogens is 2. The first-order valence-corrected chi connectivity index (χ1v) is 7.82. The van der Waals surface area contributed by atoms with Crippen molar-refractivity contribution in [1.29, 1.82) is 0 Å². The first-order valence-electron chi connectivity index (χ1n) is 7.82. The Morgan fingerprint density at radius 1 is 1.33 bits per heavy atom. The monoisotopic (exact) mass is 342 g/mol. The Bertz CT molecular complexity index is 749. The highest BCUT2D eigenvalue weighted by Gasteiger charge is 2.40. The van der Waals surface area contributed by atoms with Crippen LogP contribution in [0.4, 0.5) is 13.2 Å². The predicted molar refractivity (Wildman–Crippen MR) is 79.2 cm³/mol. The van der Waals surface area contributed by atoms with E-state index in [0.717, 1.165) is 30.1 Å². The van der Waals surface area contributed by atoms with E-state index in [0.29, 0.717) is 12.5 Å². The van der Waals surface area contributed by atoms with E-state index in [4.69, 9.17) is 9.84 Å². The minimum atomic E-state index is -4.85. The van der Waals surface area contributed by atoms with Crippen molar-refractivity contribution in [2.45, 2.75) is 38.3 Å². The molecule has 0 aliphatic heterocycles. The summed E-state index contributed by atoms with van der Waals surface area (Å²) in [6.07, 6.45) is 1.92. The Morgan fingerprint density at radius 3 is 2.67 bits per heavy atom. The molecule has 2 aromatic heterocycles. The van der Waals surface area contributed by atoms with Crippen LogP contribution in [-0.4, -0.2) is 27.1 Å². The molecule has 0 atom stereocenters. The quantitative estimate of drug-likeness (QED) is 0.912. The third kappa shape index (κ3) is 3.18. The van der Waals surface area contributed by atoms with E-state index in [9.17, 15) is 18.0 Å². The Hall–Kier alpha value is -2.25. The SMILES string of the molecule is O=C(O)c1c(C(F)(F)F)nc2c(OCC3CCCCC3)cccn12. The summed E-state index contributed by atoms with van der Waals surface area (Å²) in [4.78, 5) is 14.8. The molecule has 1 fully saturated rings. The number of hydrogen-bond acceptors (Lipinski definition) is 3. The number of carboxylic acid groups (broad SMARTS) is 1. The van der Waals surface area contributed by atoms with Gasteiger partial charge in [-0.1, -0.05) is 19.3 Å². The largest absolute Gasteiger partial charge is 0.489 e. The Kier molecular flexibility index (Phi) is 4.38. The van der Waals surface area contributed by atoms with Crippen LogP contribution in [0.5, 0.6) is 5.75 Å². The summed E-state index contributed by atoms with van der Waals surface area (Å²) in [5.74, 6) is -1.14. The van der Waals surface area contributed by atoms with E-state index in [2.05, 4.69) is 4.98 Å². The van der Waals surface area contributed by atoms with Crippen LogP contribution < -0.4 is 4.74 Å². The number of pyridine rings is 1. The number of imidazole rings is 1. The fourth-order valence-corrected chi connectivity index (χ4v) is 3.12. The standard InChI is InChI=1S/C16H17F3N2O3/c17-16(18,19)13-12(15(22)23)21-8-4-7-11(14(21)20-13)24-9-10-5-2-1-3-6-10/h4,7-8,10H,1-3,5-6,9H2,(H,22,23). The maximum Gasteiger partial charge on any atom is 0.435 e. The van der Waals surface area contributed by atoms with Crippen molar-refractivity contribution >= 4 is 11.6 Å². The van der Waals surface area contributed by atoms with Gasteiger partial charge in [0.1, 0.15) is 0 Å². The average Bonchev–Trinajstić information content (AvgIpc) is 2.94. The molecule has 24 heavy (non-hydrogen) atoms. The highest BCUT2D eigenvalue weighted by atomic mass is 19.4. The highest BCUT2D eigenvalue weighted by molar-refractivity contribution is 5.89. The summed E-state index contributed by atoms with van der Waals surface area (Å²) in [7, 11) is 0. The van der Waals surface area contributed by atoms with E-state index in [1.54, 1.807) is 0 Å². The molecule has 130 valence electrons. The lowest BCUT2D eigenvalue weighted by Crippen LogP contribution is -2.15. The summed E-state index contributed by atoms with van der Waals surface area (Å²) in [6, 6.07) is 2.97. The number of carboxylic acids is 1. The second-order valence-corrected chi connectivity index (χ2v) is 5.99. The zero-order valence-electron chi connectivity index (χ0n) is 12.8. The van der Waals surface area contributed by atoms with Crippen LogP contribution in [0, 0.1) is 5.92 Å². The third-order valence-corrected chi connectivity index (χ3v) is 4.28. The van der Waals surface area contributed by atoms with Crippen LogP contribution in [0.1, 0.15) is 48.3 Å². The molecule has 0 amide bonds. The molecule has 1 N–H and O–H groups in total. The van der Waals surface area contributed by atoms with Crippen molar-refractivity contribution in [3.8, 4) is 5.75 Å². The van der Waals surface area contributed by atoms with Crippen molar-refractivity contribution in [2.24, 2.45) is 5.92 Å². The van der Waals surface area contributed by atoms with Gasteiger partial charge in [0.2, 0.25) is 0 Å². The number of alkyl halides is 3. The first-order chi connectivity index (χ1) is 11.4. The van der Waals surface area contributed by atoms with Crippen LogP contribution in [0.2, 0.25) is 0 Å². The molecular formula is C16H17F3N2O3. The maximum absolute atomic E-state index is 13.1. The second-order valence-electron chi connectivity index (χ2n) is 5.99. The van der Waals surface area contributed by atoms with Gasteiger partial charge in [0, 0.05) is 6.20 Å². The maximum atomic E-state index is 13.1. The zero-order valence-corrected chi connectivity index (χ0v) is 12.8. The minimum absolute atomic E-state index is 0.127. The van der Waals surface area contributed by atoms with Gasteiger partial charge in [-0.05, 0) is 30.9 Å². The number of halogens is 3. The normalized spacial score (nSPS) is 16.5. The number of rotatable bonds is 4. The van der Waals surface area contributed by atoms with Gasteiger partial charge in [-0.2, -0.15) is 13.2 Å². The summed E-state index contributed by atoms with van der Waals surface area (Å²) in [5.41, 5.74) is -2.44. The topological polar surface area (TPSA) is 63.8 Å². The highest BCUT2D eigenvalue weighted by Crippen LogP contribution is 2.34. The molecule has 2 heterocycles. The number of hydrogen-bond donors (Lipinski definition) is 1. The van der Waals surface area contributed by atoms with E-state index in [1.165, 1.54) is 24.8 Å². The summed E-state index contributed by atoms with van der Waals surface area (Å²) < 4.78 is 45.8. The van der Waals surface area contributed by atoms with Crippen molar-refractivity contribution in [3.63, 3.8) is 0 Å². The lowest BCUT2D eigenvalue weighted by Gasteiger charge is -2.21. The van der Waals surface area contributed by atoms with Gasteiger partial charge in [0.15, 0.2) is 22.8 Å². The number of nitrogens with zero attached hydrogens (tertiary/aromatic N) is 2. The van der Waals surface area contributed by atoms with Crippen LogP contribution >= 0.6 is 0 Å². The minimum Gasteiger partial charge on any atom is -0.489 e. The lowest BCUT2D eigenvalue weighted by molar-refractivity contribution is -0.141. The summed E-state index contributed by atoms with van der Waals surface area (Å²) in [6.45, 7) is 0.399. The predicted octanol–water partition coefficient (Wildman–Crippen LogP) is 4.01. The van der Waals surface area contributed by atoms with Gasteiger partial charge >= 0.3 is 12.1 Å². The molecule has 1 aliphatic rings. The Labute approximate surface area is 136 Å². The average molecular weight is 342 g/mol. The number of fused-ring (bicyclic) bond motifs is 1. The Morgan fingerprint density at radius 2 is 2.04 bits per heavy atom. The molecule has 1 aliphatic carbocycles. The fourth-order valence-electron chi connectivity index (χ4n) is 3.12. The summed E-state index contributed by atoms with van der Waals surface area (Å²) in [5, 5.41) is 9.14. The van der Waals surface area contributed by atoms with E-state index in [-0.39, 0.29) is 11.4 Å². The van der Waals surface area contributed by atoms with Crippen molar-refractivity contribution in [1.82, 2.24) is 9.38 Å². The molecule has 0 bridgehead atoms. The molecule has 0 radical (unpaired) electrons. The molecule has 0 unspecified atom stereocenters. The van der Waals surface area contributed by atoms with Crippen LogP contribution in [0.3, 0.4) is 0 Å². The molecule has 0 aromatic carbocycles. The number of aromatic carboxylic acids is 1. The molecule has 2 aromatic rings. The van der Waals surface area contributed by atoms with Crippen molar-refractivity contribution in [3.05, 3.63) is 29.7 Å². The Balaban J connectivity index is 1.96. The number of carbonyl (C=O) groups is 1. The van der Waals surface area contributed by atoms with Crippen LogP contribution in [0.15, 0.2) is 18.3 Å². The molecule has 8 heteroatoms. The second kappa shape index (κ2) is 6.33. The van der Waals surface area contributed by atoms with Crippen LogP contribution in [-0.2, 0) is 6.18 Å². The smallest absolute Gasteiger partial charge is 0.435 e. The third-order valence-electron chi connectivity index (χ3n) is 4.28.